The average Bonchev–Trinajstić information content (AvgIpc) is 2.54. The number of hydrogen-bond acceptors (Lipinski definition) is 6. The fraction of sp³-hybridized carbons (Fsp3) is 0.444. The third kappa shape index (κ3) is 5.67. The fourth-order valence-corrected chi connectivity index (χ4v) is 3.35. The molecule has 1 heterocycles. The number of aromatic nitrogens is 1. The molecule has 0 saturated carbocycles. The van der Waals surface area contributed by atoms with E-state index in [1.165, 1.54) is 0 Å². The topological polar surface area (TPSA) is 111 Å². The molecule has 142 valence electrons. The fourth-order valence-electron chi connectivity index (χ4n) is 2.51. The van der Waals surface area contributed by atoms with E-state index < -0.39 is 16.2 Å². The van der Waals surface area contributed by atoms with Gasteiger partial charge >= 0.3 is 10.1 Å². The first-order chi connectivity index (χ1) is 12.2. The molecule has 0 aliphatic rings. The lowest BCUT2D eigenvalue weighted by Gasteiger charge is -2.14. The van der Waals surface area contributed by atoms with Crippen molar-refractivity contribution in [2.75, 3.05) is 12.3 Å². The van der Waals surface area contributed by atoms with Gasteiger partial charge < -0.3 is 15.2 Å². The molecule has 0 spiro atoms. The Morgan fingerprint density at radius 1 is 1.27 bits per heavy atom. The predicted octanol–water partition coefficient (Wildman–Crippen LogP) is 1.74. The number of amides is 1. The van der Waals surface area contributed by atoms with Crippen LogP contribution in [-0.4, -0.2) is 37.6 Å². The van der Waals surface area contributed by atoms with E-state index in [4.69, 9.17) is 9.92 Å². The molecule has 3 N–H and O–H groups in total. The third-order valence-corrected chi connectivity index (χ3v) is 4.89. The smallest absolute Gasteiger partial charge is 0.311 e. The van der Waals surface area contributed by atoms with Gasteiger partial charge in [-0.1, -0.05) is 32.0 Å². The first kappa shape index (κ1) is 20.1. The molecule has 0 saturated heterocycles. The number of carbonyl (C=O) groups excluding carboxylic acids is 1. The van der Waals surface area contributed by atoms with Gasteiger partial charge in [-0.25, -0.2) is 4.98 Å². The second kappa shape index (κ2) is 8.46. The van der Waals surface area contributed by atoms with E-state index in [0.717, 1.165) is 11.1 Å². The van der Waals surface area contributed by atoms with Crippen LogP contribution in [0.5, 0.6) is 5.75 Å². The maximum atomic E-state index is 12.2. The summed E-state index contributed by atoms with van der Waals surface area (Å²) in [6, 6.07) is 8.14. The number of nitrogens with two attached hydrogens (primary N) is 1. The van der Waals surface area contributed by atoms with Crippen LogP contribution in [0.2, 0.25) is 0 Å². The van der Waals surface area contributed by atoms with Gasteiger partial charge in [-0.05, 0) is 31.4 Å². The predicted molar refractivity (Wildman–Crippen MR) is 101 cm³/mol. The molecule has 0 aliphatic carbocycles. The molecule has 0 radical (unpaired) electrons. The average molecular weight is 379 g/mol. The molecule has 8 heteroatoms. The van der Waals surface area contributed by atoms with Crippen LogP contribution in [0.1, 0.15) is 26.0 Å². The van der Waals surface area contributed by atoms with E-state index in [2.05, 4.69) is 10.3 Å². The Labute approximate surface area is 154 Å². The van der Waals surface area contributed by atoms with Gasteiger partial charge in [0.15, 0.2) is 5.75 Å². The summed E-state index contributed by atoms with van der Waals surface area (Å²) in [7, 11) is -3.88. The minimum Gasteiger partial charge on any atom is -0.380 e. The molecule has 0 unspecified atom stereocenters. The lowest BCUT2D eigenvalue weighted by Crippen LogP contribution is -2.43. The molecule has 7 nitrogen and oxygen atoms in total. The molecule has 1 aromatic heterocycles. The van der Waals surface area contributed by atoms with Gasteiger partial charge in [0.1, 0.15) is 11.3 Å². The van der Waals surface area contributed by atoms with Crippen LogP contribution in [0.4, 0.5) is 0 Å². The van der Waals surface area contributed by atoms with Crippen LogP contribution in [0, 0.1) is 12.8 Å². The van der Waals surface area contributed by atoms with Crippen molar-refractivity contribution in [1.29, 1.82) is 0 Å². The first-order valence-electron chi connectivity index (χ1n) is 8.50. The minimum atomic E-state index is -3.88. The summed E-state index contributed by atoms with van der Waals surface area (Å²) >= 11 is 0. The molecule has 0 fully saturated rings. The van der Waals surface area contributed by atoms with Gasteiger partial charge in [-0.15, -0.1) is 0 Å². The van der Waals surface area contributed by atoms with Crippen LogP contribution in [-0.2, 0) is 14.9 Å². The number of hydrogen-bond donors (Lipinski definition) is 2. The lowest BCUT2D eigenvalue weighted by atomic mass is 10.0. The number of nitrogens with one attached hydrogen (secondary N) is 1. The second-order valence-electron chi connectivity index (χ2n) is 6.65. The minimum absolute atomic E-state index is 0.0653. The standard InChI is InChI=1S/C18H25N3O4S/c1-12(2)11-15(19)18(22)20-9-10-26(23,24)25-16-6-4-5-14-8-7-13(3)21-17(14)16/h4-8,12,15H,9-11,19H2,1-3H3,(H,20,22)/t15-/m0/s1. The molecule has 1 atom stereocenters. The van der Waals surface area contributed by atoms with E-state index in [9.17, 15) is 13.2 Å². The highest BCUT2D eigenvalue weighted by Crippen LogP contribution is 2.25. The van der Waals surface area contributed by atoms with Gasteiger partial charge in [0, 0.05) is 17.6 Å². The normalized spacial score (nSPS) is 13.0. The first-order valence-corrected chi connectivity index (χ1v) is 10.1. The van der Waals surface area contributed by atoms with Crippen LogP contribution < -0.4 is 15.2 Å². The quantitative estimate of drug-likeness (QED) is 0.676. The monoisotopic (exact) mass is 379 g/mol. The summed E-state index contributed by atoms with van der Waals surface area (Å²) in [5.74, 6) is -0.259. The third-order valence-electron chi connectivity index (χ3n) is 3.75. The number of carbonyl (C=O) groups is 1. The van der Waals surface area contributed by atoms with Crippen LogP contribution in [0.3, 0.4) is 0 Å². The number of nitrogens with zero attached hydrogens (tertiary/aromatic N) is 1. The van der Waals surface area contributed by atoms with E-state index in [-0.39, 0.29) is 29.9 Å². The number of rotatable bonds is 8. The van der Waals surface area contributed by atoms with Gasteiger partial charge in [-0.2, -0.15) is 8.42 Å². The lowest BCUT2D eigenvalue weighted by molar-refractivity contribution is -0.122. The highest BCUT2D eigenvalue weighted by Gasteiger charge is 2.18. The molecule has 1 aromatic carbocycles. The summed E-state index contributed by atoms with van der Waals surface area (Å²) in [6.45, 7) is 5.68. The zero-order valence-electron chi connectivity index (χ0n) is 15.2. The summed E-state index contributed by atoms with van der Waals surface area (Å²) in [5.41, 5.74) is 7.01. The van der Waals surface area contributed by atoms with Crippen molar-refractivity contribution in [3.05, 3.63) is 36.0 Å². The summed E-state index contributed by atoms with van der Waals surface area (Å²) in [6.07, 6.45) is 0.538. The zero-order valence-corrected chi connectivity index (χ0v) is 16.0. The molecule has 1 amide bonds. The summed E-state index contributed by atoms with van der Waals surface area (Å²) < 4.78 is 29.7. The Balaban J connectivity index is 1.99. The number of pyridine rings is 1. The maximum Gasteiger partial charge on any atom is 0.311 e. The number of aryl methyl sites for hydroxylation is 1. The van der Waals surface area contributed by atoms with Crippen molar-refractivity contribution in [3.8, 4) is 5.75 Å². The number of fused-ring (bicyclic) bond motifs is 1. The van der Waals surface area contributed by atoms with E-state index >= 15 is 0 Å². The van der Waals surface area contributed by atoms with E-state index in [1.807, 2.05) is 39.0 Å². The SMILES string of the molecule is Cc1ccc2cccc(OS(=O)(=O)CCNC(=O)[C@@H](N)CC(C)C)c2n1. The molecule has 0 bridgehead atoms. The Hall–Kier alpha value is -2.19. The summed E-state index contributed by atoms with van der Waals surface area (Å²) in [4.78, 5) is 16.2. The molecular formula is C18H25N3O4S. The highest BCUT2D eigenvalue weighted by atomic mass is 32.2. The highest BCUT2D eigenvalue weighted by molar-refractivity contribution is 7.87. The van der Waals surface area contributed by atoms with Gasteiger partial charge in [0.2, 0.25) is 5.91 Å². The van der Waals surface area contributed by atoms with Crippen molar-refractivity contribution in [2.45, 2.75) is 33.2 Å². The number of para-hydroxylation sites is 1. The number of benzene rings is 1. The Morgan fingerprint density at radius 3 is 2.69 bits per heavy atom. The largest absolute Gasteiger partial charge is 0.380 e. The zero-order chi connectivity index (χ0) is 19.3. The van der Waals surface area contributed by atoms with E-state index in [1.54, 1.807) is 12.1 Å². The van der Waals surface area contributed by atoms with E-state index in [0.29, 0.717) is 11.9 Å². The van der Waals surface area contributed by atoms with Crippen molar-refractivity contribution in [3.63, 3.8) is 0 Å². The molecule has 2 aromatic rings. The molecule has 26 heavy (non-hydrogen) atoms. The Bertz CT molecular complexity index is 881. The van der Waals surface area contributed by atoms with Crippen molar-refractivity contribution in [2.24, 2.45) is 11.7 Å². The molecule has 0 aliphatic heterocycles. The molecule has 2 rings (SSSR count). The molecular weight excluding hydrogens is 354 g/mol. The van der Waals surface area contributed by atoms with Crippen molar-refractivity contribution < 1.29 is 17.4 Å². The second-order valence-corrected chi connectivity index (χ2v) is 8.34. The van der Waals surface area contributed by atoms with Crippen LogP contribution in [0.25, 0.3) is 10.9 Å². The Morgan fingerprint density at radius 2 is 2.00 bits per heavy atom. The van der Waals surface area contributed by atoms with Gasteiger partial charge in [0.05, 0.1) is 6.04 Å². The van der Waals surface area contributed by atoms with Crippen molar-refractivity contribution >= 4 is 26.9 Å². The van der Waals surface area contributed by atoms with Gasteiger partial charge in [-0.3, -0.25) is 4.79 Å². The Kier molecular flexibility index (Phi) is 6.55. The van der Waals surface area contributed by atoms with Gasteiger partial charge in [0.25, 0.3) is 0 Å². The maximum absolute atomic E-state index is 12.2. The van der Waals surface area contributed by atoms with Crippen LogP contribution in [0.15, 0.2) is 30.3 Å². The van der Waals surface area contributed by atoms with Crippen LogP contribution >= 0.6 is 0 Å². The van der Waals surface area contributed by atoms with Crippen molar-refractivity contribution in [1.82, 2.24) is 10.3 Å². The summed E-state index contributed by atoms with van der Waals surface area (Å²) in [5, 5.41) is 3.33.